The van der Waals surface area contributed by atoms with E-state index in [1.54, 1.807) is 0 Å². The first-order valence-corrected chi connectivity index (χ1v) is 8.09. The zero-order valence-electron chi connectivity index (χ0n) is 12.4. The number of hydrogen-bond acceptors (Lipinski definition) is 3. The van der Waals surface area contributed by atoms with E-state index in [1.807, 2.05) is 0 Å². The normalized spacial score (nSPS) is 25.1. The minimum atomic E-state index is 0.643. The van der Waals surface area contributed by atoms with Crippen LogP contribution in [-0.2, 0) is 13.1 Å². The minimum absolute atomic E-state index is 0.643. The van der Waals surface area contributed by atoms with Gasteiger partial charge in [-0.15, -0.1) is 0 Å². The van der Waals surface area contributed by atoms with Crippen LogP contribution in [0.5, 0.6) is 0 Å². The molecule has 2 aliphatic heterocycles. The second-order valence-corrected chi connectivity index (χ2v) is 6.30. The van der Waals surface area contributed by atoms with Gasteiger partial charge >= 0.3 is 0 Å². The Kier molecular flexibility index (Phi) is 4.71. The number of benzene rings is 1. The van der Waals surface area contributed by atoms with Gasteiger partial charge in [0.2, 0.25) is 0 Å². The molecule has 1 atom stereocenters. The van der Waals surface area contributed by atoms with E-state index in [9.17, 15) is 0 Å². The maximum absolute atomic E-state index is 5.73. The summed E-state index contributed by atoms with van der Waals surface area (Å²) in [5.41, 5.74) is 8.38. The van der Waals surface area contributed by atoms with Gasteiger partial charge in [-0.2, -0.15) is 0 Å². The SMILES string of the molecule is NCc1cccc(CN2CCC(N3CCCCC3)C2)c1. The third-order valence-corrected chi connectivity index (χ3v) is 4.79. The van der Waals surface area contributed by atoms with Crippen LogP contribution in [0, 0.1) is 0 Å². The van der Waals surface area contributed by atoms with E-state index < -0.39 is 0 Å². The Morgan fingerprint density at radius 2 is 1.85 bits per heavy atom. The monoisotopic (exact) mass is 273 g/mol. The van der Waals surface area contributed by atoms with Crippen molar-refractivity contribution in [2.75, 3.05) is 26.2 Å². The van der Waals surface area contributed by atoms with E-state index in [2.05, 4.69) is 34.1 Å². The highest BCUT2D eigenvalue weighted by Gasteiger charge is 2.28. The van der Waals surface area contributed by atoms with E-state index >= 15 is 0 Å². The molecule has 2 fully saturated rings. The maximum Gasteiger partial charge on any atom is 0.0235 e. The maximum atomic E-state index is 5.73. The third kappa shape index (κ3) is 3.40. The summed E-state index contributed by atoms with van der Waals surface area (Å²) in [6, 6.07) is 9.54. The molecule has 2 saturated heterocycles. The van der Waals surface area contributed by atoms with Crippen LogP contribution in [0.4, 0.5) is 0 Å². The molecule has 1 unspecified atom stereocenters. The Bertz CT molecular complexity index is 426. The van der Waals surface area contributed by atoms with Crippen LogP contribution in [0.1, 0.15) is 36.8 Å². The summed E-state index contributed by atoms with van der Waals surface area (Å²) in [5, 5.41) is 0. The molecule has 3 nitrogen and oxygen atoms in total. The van der Waals surface area contributed by atoms with E-state index in [1.165, 1.54) is 63.0 Å². The highest BCUT2D eigenvalue weighted by Crippen LogP contribution is 2.21. The number of nitrogens with zero attached hydrogens (tertiary/aromatic N) is 2. The van der Waals surface area contributed by atoms with Gasteiger partial charge in [0, 0.05) is 32.2 Å². The molecule has 2 N–H and O–H groups in total. The van der Waals surface area contributed by atoms with Crippen molar-refractivity contribution in [2.45, 2.75) is 44.8 Å². The predicted molar refractivity (Wildman–Crippen MR) is 83.4 cm³/mol. The van der Waals surface area contributed by atoms with E-state index in [-0.39, 0.29) is 0 Å². The van der Waals surface area contributed by atoms with Gasteiger partial charge in [0.25, 0.3) is 0 Å². The van der Waals surface area contributed by atoms with E-state index in [4.69, 9.17) is 5.73 Å². The lowest BCUT2D eigenvalue weighted by Gasteiger charge is -2.32. The van der Waals surface area contributed by atoms with Crippen molar-refractivity contribution in [3.63, 3.8) is 0 Å². The highest BCUT2D eigenvalue weighted by atomic mass is 15.3. The van der Waals surface area contributed by atoms with Gasteiger partial charge in [0.05, 0.1) is 0 Å². The number of likely N-dealkylation sites (tertiary alicyclic amines) is 2. The Labute approximate surface area is 122 Å². The fourth-order valence-corrected chi connectivity index (χ4v) is 3.65. The van der Waals surface area contributed by atoms with Crippen LogP contribution >= 0.6 is 0 Å². The summed E-state index contributed by atoms with van der Waals surface area (Å²) in [6.45, 7) is 6.85. The van der Waals surface area contributed by atoms with Crippen LogP contribution < -0.4 is 5.73 Å². The average molecular weight is 273 g/mol. The van der Waals surface area contributed by atoms with Crippen LogP contribution in [0.2, 0.25) is 0 Å². The molecule has 0 aliphatic carbocycles. The summed E-state index contributed by atoms with van der Waals surface area (Å²) >= 11 is 0. The van der Waals surface area contributed by atoms with Gasteiger partial charge < -0.3 is 5.73 Å². The summed E-state index contributed by atoms with van der Waals surface area (Å²) in [4.78, 5) is 5.33. The predicted octanol–water partition coefficient (Wildman–Crippen LogP) is 2.21. The van der Waals surface area contributed by atoms with Gasteiger partial charge in [0.1, 0.15) is 0 Å². The Balaban J connectivity index is 1.54. The summed E-state index contributed by atoms with van der Waals surface area (Å²) < 4.78 is 0. The number of nitrogens with two attached hydrogens (primary N) is 1. The van der Waals surface area contributed by atoms with E-state index in [0.717, 1.165) is 12.6 Å². The fourth-order valence-electron chi connectivity index (χ4n) is 3.65. The Morgan fingerprint density at radius 1 is 1.05 bits per heavy atom. The number of hydrogen-bond donors (Lipinski definition) is 1. The van der Waals surface area contributed by atoms with Crippen molar-refractivity contribution < 1.29 is 0 Å². The lowest BCUT2D eigenvalue weighted by atomic mass is 10.1. The lowest BCUT2D eigenvalue weighted by Crippen LogP contribution is -2.40. The summed E-state index contributed by atoms with van der Waals surface area (Å²) in [6.07, 6.45) is 5.57. The molecule has 1 aromatic carbocycles. The average Bonchev–Trinajstić information content (AvgIpc) is 2.97. The van der Waals surface area contributed by atoms with Crippen molar-refractivity contribution in [3.8, 4) is 0 Å². The summed E-state index contributed by atoms with van der Waals surface area (Å²) in [7, 11) is 0. The molecule has 0 spiro atoms. The van der Waals surface area contributed by atoms with Crippen molar-refractivity contribution in [3.05, 3.63) is 35.4 Å². The first-order chi connectivity index (χ1) is 9.85. The van der Waals surface area contributed by atoms with Crippen molar-refractivity contribution in [2.24, 2.45) is 5.73 Å². The van der Waals surface area contributed by atoms with Gasteiger partial charge in [-0.3, -0.25) is 9.80 Å². The van der Waals surface area contributed by atoms with Gasteiger partial charge in [-0.25, -0.2) is 0 Å². The lowest BCUT2D eigenvalue weighted by molar-refractivity contribution is 0.161. The van der Waals surface area contributed by atoms with Crippen molar-refractivity contribution in [1.29, 1.82) is 0 Å². The van der Waals surface area contributed by atoms with Crippen LogP contribution in [0.25, 0.3) is 0 Å². The van der Waals surface area contributed by atoms with E-state index in [0.29, 0.717) is 6.54 Å². The zero-order chi connectivity index (χ0) is 13.8. The summed E-state index contributed by atoms with van der Waals surface area (Å²) in [5.74, 6) is 0. The molecular weight excluding hydrogens is 246 g/mol. The second kappa shape index (κ2) is 6.70. The molecule has 0 aromatic heterocycles. The molecule has 2 aliphatic rings. The van der Waals surface area contributed by atoms with Crippen molar-refractivity contribution >= 4 is 0 Å². The van der Waals surface area contributed by atoms with Crippen LogP contribution in [-0.4, -0.2) is 42.0 Å². The standard InChI is InChI=1S/C17H27N3/c18-12-15-5-4-6-16(11-15)13-19-10-7-17(14-19)20-8-2-1-3-9-20/h4-6,11,17H,1-3,7-10,12-14,18H2. The smallest absolute Gasteiger partial charge is 0.0235 e. The molecule has 0 radical (unpaired) electrons. The van der Waals surface area contributed by atoms with Crippen LogP contribution in [0.3, 0.4) is 0 Å². The molecule has 20 heavy (non-hydrogen) atoms. The Morgan fingerprint density at radius 3 is 2.65 bits per heavy atom. The van der Waals surface area contributed by atoms with Crippen molar-refractivity contribution in [1.82, 2.24) is 9.80 Å². The fraction of sp³-hybridized carbons (Fsp3) is 0.647. The molecule has 1 aromatic rings. The van der Waals surface area contributed by atoms with Gasteiger partial charge in [-0.1, -0.05) is 30.7 Å². The molecular formula is C17H27N3. The quantitative estimate of drug-likeness (QED) is 0.913. The molecule has 2 heterocycles. The first-order valence-electron chi connectivity index (χ1n) is 8.09. The largest absolute Gasteiger partial charge is 0.326 e. The second-order valence-electron chi connectivity index (χ2n) is 6.30. The molecule has 0 amide bonds. The highest BCUT2D eigenvalue weighted by molar-refractivity contribution is 5.23. The van der Waals surface area contributed by atoms with Gasteiger partial charge in [0.15, 0.2) is 0 Å². The molecule has 0 bridgehead atoms. The topological polar surface area (TPSA) is 32.5 Å². The first kappa shape index (κ1) is 14.1. The molecule has 0 saturated carbocycles. The van der Waals surface area contributed by atoms with Crippen LogP contribution in [0.15, 0.2) is 24.3 Å². The molecule has 3 heteroatoms. The molecule has 110 valence electrons. The zero-order valence-corrected chi connectivity index (χ0v) is 12.4. The van der Waals surface area contributed by atoms with Gasteiger partial charge in [-0.05, 0) is 43.5 Å². The number of rotatable bonds is 4. The minimum Gasteiger partial charge on any atom is -0.326 e. The third-order valence-electron chi connectivity index (χ3n) is 4.79. The Hall–Kier alpha value is -0.900. The number of piperidine rings is 1. The molecule has 3 rings (SSSR count).